The Morgan fingerprint density at radius 1 is 1.30 bits per heavy atom. The maximum absolute atomic E-state index is 12.7. The Hall–Kier alpha value is -2.90. The van der Waals surface area contributed by atoms with Crippen LogP contribution in [0.2, 0.25) is 0 Å². The van der Waals surface area contributed by atoms with Gasteiger partial charge in [-0.15, -0.1) is 0 Å². The highest BCUT2D eigenvalue weighted by Crippen LogP contribution is 2.37. The predicted octanol–water partition coefficient (Wildman–Crippen LogP) is 3.17. The number of hydrogen-bond donors (Lipinski definition) is 0. The topological polar surface area (TPSA) is 90.5 Å². The van der Waals surface area contributed by atoms with Gasteiger partial charge in [-0.05, 0) is 39.8 Å². The lowest BCUT2D eigenvalue weighted by Gasteiger charge is -2.31. The minimum Gasteiger partial charge on any atom is -0.443 e. The molecule has 1 saturated heterocycles. The molecule has 0 N–H and O–H groups in total. The Balaban J connectivity index is 1.57. The molecule has 0 saturated carbocycles. The maximum atomic E-state index is 12.7. The zero-order chi connectivity index (χ0) is 19.0. The number of ether oxygens (including phenoxy) is 1. The number of carbonyl (C=O) groups excluding carboxylic acids is 1. The van der Waals surface area contributed by atoms with Gasteiger partial charge in [0.15, 0.2) is 0 Å². The third kappa shape index (κ3) is 3.39. The maximum Gasteiger partial charge on any atom is 0.410 e. The number of nitro groups is 1. The first-order valence-corrected chi connectivity index (χ1v) is 9.24. The van der Waals surface area contributed by atoms with Crippen molar-refractivity contribution < 1.29 is 14.5 Å². The molecule has 0 unspecified atom stereocenters. The molecule has 1 aliphatic carbocycles. The van der Waals surface area contributed by atoms with E-state index in [1.54, 1.807) is 9.47 Å². The number of imidazole rings is 1. The molecule has 27 heavy (non-hydrogen) atoms. The van der Waals surface area contributed by atoms with Gasteiger partial charge in [0.2, 0.25) is 6.33 Å². The second-order valence-electron chi connectivity index (χ2n) is 7.38. The van der Waals surface area contributed by atoms with Gasteiger partial charge in [0.05, 0.1) is 6.04 Å². The first-order chi connectivity index (χ1) is 13.0. The van der Waals surface area contributed by atoms with Gasteiger partial charge in [0.25, 0.3) is 0 Å². The van der Waals surface area contributed by atoms with Crippen LogP contribution >= 0.6 is 0 Å². The molecule has 1 fully saturated rings. The van der Waals surface area contributed by atoms with Crippen LogP contribution in [-0.2, 0) is 11.2 Å². The van der Waals surface area contributed by atoms with Crippen molar-refractivity contribution in [2.45, 2.75) is 38.3 Å². The summed E-state index contributed by atoms with van der Waals surface area (Å²) in [4.78, 5) is 28.8. The molecule has 8 heteroatoms. The monoisotopic (exact) mass is 370 g/mol. The fraction of sp³-hybridized carbons (Fsp3) is 0.474. The fourth-order valence-corrected chi connectivity index (χ4v) is 3.96. The quantitative estimate of drug-likeness (QED) is 0.611. The summed E-state index contributed by atoms with van der Waals surface area (Å²) in [7, 11) is 0. The number of rotatable bonds is 3. The number of hydrogen-bond acceptors (Lipinski definition) is 5. The number of likely N-dealkylation sites (tertiary alicyclic amines) is 1. The van der Waals surface area contributed by atoms with Crippen LogP contribution in [0.25, 0.3) is 0 Å². The molecule has 1 aromatic carbocycles. The van der Waals surface area contributed by atoms with Crippen LogP contribution in [0.1, 0.15) is 36.9 Å². The molecule has 1 amide bonds. The van der Waals surface area contributed by atoms with E-state index in [1.807, 2.05) is 24.3 Å². The predicted molar refractivity (Wildman–Crippen MR) is 97.4 cm³/mol. The minimum atomic E-state index is -0.521. The second-order valence-corrected chi connectivity index (χ2v) is 7.38. The van der Waals surface area contributed by atoms with Crippen molar-refractivity contribution in [3.8, 4) is 0 Å². The van der Waals surface area contributed by atoms with Crippen LogP contribution in [0.4, 0.5) is 10.6 Å². The van der Waals surface area contributed by atoms with Crippen LogP contribution in [0.15, 0.2) is 36.8 Å². The van der Waals surface area contributed by atoms with Crippen molar-refractivity contribution in [1.82, 2.24) is 14.5 Å². The average Bonchev–Trinajstić information content (AvgIpc) is 3.26. The second kappa shape index (κ2) is 7.02. The third-order valence-electron chi connectivity index (χ3n) is 5.54. The van der Waals surface area contributed by atoms with E-state index < -0.39 is 11.0 Å². The standard InChI is InChI=1S/C19H22N4O4/c1-13-6-8-21(9-7-13)19(24)27-16-10-14-4-2-3-5-15(14)18(16)22-11-17(20-12-22)23(25)26/h2-5,11-13,16,18H,6-10H2,1H3/t16-,18+/m1/s1. The van der Waals surface area contributed by atoms with Crippen molar-refractivity contribution in [2.24, 2.45) is 5.92 Å². The van der Waals surface area contributed by atoms with E-state index in [2.05, 4.69) is 11.9 Å². The Bertz CT molecular complexity index is 857. The molecule has 8 nitrogen and oxygen atoms in total. The highest BCUT2D eigenvalue weighted by atomic mass is 16.6. The normalized spacial score (nSPS) is 22.5. The summed E-state index contributed by atoms with van der Waals surface area (Å²) in [5, 5.41) is 11.0. The fourth-order valence-electron chi connectivity index (χ4n) is 3.96. The van der Waals surface area contributed by atoms with Gasteiger partial charge in [-0.25, -0.2) is 4.79 Å². The molecule has 1 aliphatic heterocycles. The Kier molecular flexibility index (Phi) is 4.55. The summed E-state index contributed by atoms with van der Waals surface area (Å²) in [5.41, 5.74) is 2.10. The van der Waals surface area contributed by atoms with Crippen molar-refractivity contribution in [3.63, 3.8) is 0 Å². The molecule has 0 radical (unpaired) electrons. The van der Waals surface area contributed by atoms with E-state index in [0.29, 0.717) is 25.4 Å². The summed E-state index contributed by atoms with van der Waals surface area (Å²) >= 11 is 0. The largest absolute Gasteiger partial charge is 0.443 e. The van der Waals surface area contributed by atoms with Gasteiger partial charge in [-0.1, -0.05) is 31.2 Å². The third-order valence-corrected chi connectivity index (χ3v) is 5.54. The average molecular weight is 370 g/mol. The number of nitrogens with zero attached hydrogens (tertiary/aromatic N) is 4. The van der Waals surface area contributed by atoms with Crippen LogP contribution in [0, 0.1) is 16.0 Å². The Morgan fingerprint density at radius 3 is 2.74 bits per heavy atom. The van der Waals surface area contributed by atoms with Gasteiger partial charge >= 0.3 is 11.9 Å². The molecule has 142 valence electrons. The lowest BCUT2D eigenvalue weighted by atomic mass is 10.00. The van der Waals surface area contributed by atoms with Crippen molar-refractivity contribution in [1.29, 1.82) is 0 Å². The smallest absolute Gasteiger partial charge is 0.410 e. The van der Waals surface area contributed by atoms with E-state index in [1.165, 1.54) is 12.5 Å². The summed E-state index contributed by atoms with van der Waals surface area (Å²) in [6, 6.07) is 7.54. The molecule has 2 aromatic rings. The van der Waals surface area contributed by atoms with Crippen LogP contribution in [0.3, 0.4) is 0 Å². The molecular formula is C19H22N4O4. The lowest BCUT2D eigenvalue weighted by Crippen LogP contribution is -2.41. The molecule has 2 atom stereocenters. The van der Waals surface area contributed by atoms with Crippen LogP contribution in [-0.4, -0.2) is 44.7 Å². The zero-order valence-corrected chi connectivity index (χ0v) is 15.2. The molecule has 0 bridgehead atoms. The minimum absolute atomic E-state index is 0.213. The summed E-state index contributed by atoms with van der Waals surface area (Å²) < 4.78 is 7.55. The molecular weight excluding hydrogens is 348 g/mol. The Morgan fingerprint density at radius 2 is 2.04 bits per heavy atom. The number of benzene rings is 1. The van der Waals surface area contributed by atoms with Gasteiger partial charge in [0.1, 0.15) is 12.3 Å². The van der Waals surface area contributed by atoms with Gasteiger partial charge < -0.3 is 19.8 Å². The van der Waals surface area contributed by atoms with Crippen molar-refractivity contribution in [3.05, 3.63) is 58.0 Å². The van der Waals surface area contributed by atoms with Crippen LogP contribution < -0.4 is 0 Å². The van der Waals surface area contributed by atoms with E-state index >= 15 is 0 Å². The van der Waals surface area contributed by atoms with E-state index in [0.717, 1.165) is 24.0 Å². The Labute approximate surface area is 156 Å². The number of fused-ring (bicyclic) bond motifs is 1. The van der Waals surface area contributed by atoms with Crippen molar-refractivity contribution >= 4 is 11.9 Å². The van der Waals surface area contributed by atoms with E-state index in [9.17, 15) is 14.9 Å². The first-order valence-electron chi connectivity index (χ1n) is 9.24. The van der Waals surface area contributed by atoms with Crippen molar-refractivity contribution in [2.75, 3.05) is 13.1 Å². The number of piperidine rings is 1. The van der Waals surface area contributed by atoms with Gasteiger partial charge in [-0.2, -0.15) is 0 Å². The SMILES string of the molecule is CC1CCN(C(=O)O[C@@H]2Cc3ccccc3[C@@H]2n2cnc([N+](=O)[O-])c2)CC1. The summed E-state index contributed by atoms with van der Waals surface area (Å²) in [6.07, 6.45) is 4.67. The van der Waals surface area contributed by atoms with Gasteiger partial charge in [-0.3, -0.25) is 4.57 Å². The molecule has 2 aliphatic rings. The zero-order valence-electron chi connectivity index (χ0n) is 15.2. The first kappa shape index (κ1) is 17.5. The van der Waals surface area contributed by atoms with E-state index in [-0.39, 0.29) is 18.0 Å². The van der Waals surface area contributed by atoms with Gasteiger partial charge in [0, 0.05) is 19.5 Å². The molecule has 2 heterocycles. The lowest BCUT2D eigenvalue weighted by molar-refractivity contribution is -0.389. The van der Waals surface area contributed by atoms with E-state index in [4.69, 9.17) is 4.74 Å². The van der Waals surface area contributed by atoms with Crippen LogP contribution in [0.5, 0.6) is 0 Å². The number of carbonyl (C=O) groups is 1. The molecule has 0 spiro atoms. The number of aromatic nitrogens is 2. The summed E-state index contributed by atoms with van der Waals surface area (Å²) in [5.74, 6) is 0.415. The molecule has 1 aromatic heterocycles. The summed E-state index contributed by atoms with van der Waals surface area (Å²) in [6.45, 7) is 3.61. The highest BCUT2D eigenvalue weighted by Gasteiger charge is 2.38. The molecule has 4 rings (SSSR count). The highest BCUT2D eigenvalue weighted by molar-refractivity contribution is 5.68. The number of amides is 1.